The number of rotatable bonds is 13. The van der Waals surface area contributed by atoms with Crippen LogP contribution in [0.1, 0.15) is 11.1 Å². The summed E-state index contributed by atoms with van der Waals surface area (Å²) in [5.41, 5.74) is 43.6. The smallest absolute Gasteiger partial charge is 0.136 e. The van der Waals surface area contributed by atoms with Gasteiger partial charge in [-0.25, -0.2) is 0 Å². The highest BCUT2D eigenvalue weighted by Gasteiger charge is 2.28. The summed E-state index contributed by atoms with van der Waals surface area (Å²) in [6.45, 7) is 0. The molecule has 0 aliphatic heterocycles. The molecule has 0 amide bonds. The van der Waals surface area contributed by atoms with Gasteiger partial charge >= 0.3 is 0 Å². The van der Waals surface area contributed by atoms with Crippen molar-refractivity contribution in [3.05, 3.63) is 533 Å². The average Bonchev–Trinajstić information content (AvgIpc) is 1.59. The van der Waals surface area contributed by atoms with E-state index in [0.29, 0.717) is 0 Å². The van der Waals surface area contributed by atoms with Gasteiger partial charge in [0.15, 0.2) is 0 Å². The van der Waals surface area contributed by atoms with Gasteiger partial charge in [-0.1, -0.05) is 437 Å². The van der Waals surface area contributed by atoms with E-state index in [9.17, 15) is 0 Å². The Morgan fingerprint density at radius 3 is 1.00 bits per heavy atom. The van der Waals surface area contributed by atoms with Crippen molar-refractivity contribution in [1.29, 1.82) is 0 Å². The summed E-state index contributed by atoms with van der Waals surface area (Å²) < 4.78 is 16.1. The molecule has 646 valence electrons. The molecule has 28 rings (SSSR count). The fourth-order valence-electron chi connectivity index (χ4n) is 22.2. The van der Waals surface area contributed by atoms with E-state index in [1.807, 2.05) is 12.1 Å². The molecule has 0 fully saturated rings. The van der Waals surface area contributed by atoms with Crippen LogP contribution in [0.15, 0.2) is 526 Å². The molecule has 22 aromatic carbocycles. The molecule has 5 nitrogen and oxygen atoms in total. The van der Waals surface area contributed by atoms with Gasteiger partial charge < -0.3 is 22.7 Å². The summed E-state index contributed by atoms with van der Waals surface area (Å²) in [4.78, 5) is 0. The molecule has 0 saturated heterocycles. The molecule has 0 saturated carbocycles. The third-order valence-corrected chi connectivity index (χ3v) is 28.2. The summed E-state index contributed by atoms with van der Waals surface area (Å²) >= 11 is 0. The van der Waals surface area contributed by atoms with Crippen LogP contribution in [0.3, 0.4) is 0 Å². The number of aromatic nitrogens is 4. The number of fused-ring (bicyclic) bond motifs is 18. The van der Waals surface area contributed by atoms with Crippen molar-refractivity contribution in [1.82, 2.24) is 18.3 Å². The van der Waals surface area contributed by atoms with Crippen LogP contribution in [0.2, 0.25) is 0 Å². The highest BCUT2D eigenvalue weighted by Crippen LogP contribution is 2.50. The SMILES string of the molecule is c1ccc(-c2cccc3c4ccccc4n(-c4ccccc4-c4cccc(-c5ccc6c7ccccc7n(-c7ccccc7)c6c5)c4)c23)cc1.c1ccc(-c2cccc3c4ccccc4n(-c4ccccc4-c4cccc(-c5cccc6c5Cc5ccccc5-6)c4)c23)cc1.c1ccc(-c2cccc3c4ccccc4n(-c4ccccc4-c4ccccc4-c4cccc5oc6ccccc6c45)c23)cc1. The minimum Gasteiger partial charge on any atom is -0.456 e. The second-order valence-corrected chi connectivity index (χ2v) is 35.9. The normalized spacial score (nSPS) is 11.7. The maximum absolute atomic E-state index is 6.29. The van der Waals surface area contributed by atoms with Crippen LogP contribution in [0.4, 0.5) is 0 Å². The molecule has 0 atom stereocenters. The Labute approximate surface area is 799 Å². The van der Waals surface area contributed by atoms with Crippen LogP contribution >= 0.6 is 0 Å². The largest absolute Gasteiger partial charge is 0.456 e. The first-order valence-electron chi connectivity index (χ1n) is 47.6. The van der Waals surface area contributed by atoms with Gasteiger partial charge in [0.1, 0.15) is 11.2 Å². The van der Waals surface area contributed by atoms with Crippen molar-refractivity contribution >= 4 is 109 Å². The number of hydrogen-bond acceptors (Lipinski definition) is 1. The summed E-state index contributed by atoms with van der Waals surface area (Å²) in [6.07, 6.45) is 0.978. The monoisotopic (exact) mass is 1760 g/mol. The van der Waals surface area contributed by atoms with E-state index in [0.717, 1.165) is 34.0 Å². The minimum absolute atomic E-state index is 0.904. The predicted molar refractivity (Wildman–Crippen MR) is 581 cm³/mol. The van der Waals surface area contributed by atoms with Gasteiger partial charge in [-0.05, 0) is 180 Å². The van der Waals surface area contributed by atoms with E-state index < -0.39 is 0 Å². The second kappa shape index (κ2) is 34.1. The van der Waals surface area contributed by atoms with Crippen LogP contribution in [0.25, 0.3) is 243 Å². The van der Waals surface area contributed by atoms with Crippen LogP contribution in [-0.4, -0.2) is 18.3 Å². The summed E-state index contributed by atoms with van der Waals surface area (Å²) in [5, 5.41) is 12.4. The van der Waals surface area contributed by atoms with Crippen LogP contribution < -0.4 is 0 Å². The van der Waals surface area contributed by atoms with Crippen LogP contribution in [0.5, 0.6) is 0 Å². The number of para-hydroxylation sites is 12. The third-order valence-electron chi connectivity index (χ3n) is 28.2. The summed E-state index contributed by atoms with van der Waals surface area (Å²) in [7, 11) is 0. The fraction of sp³-hybridized carbons (Fsp3) is 0.00752. The van der Waals surface area contributed by atoms with E-state index in [1.165, 1.54) is 227 Å². The Bertz CT molecular complexity index is 9430. The third kappa shape index (κ3) is 13.7. The highest BCUT2D eigenvalue weighted by atomic mass is 16.3. The first-order chi connectivity index (χ1) is 68.5. The molecule has 5 aromatic heterocycles. The van der Waals surface area contributed by atoms with Gasteiger partial charge in [0.25, 0.3) is 0 Å². The molecule has 1 aliphatic rings. The molecule has 0 bridgehead atoms. The zero-order valence-corrected chi connectivity index (χ0v) is 75.6. The van der Waals surface area contributed by atoms with Gasteiger partial charge in [0.2, 0.25) is 0 Å². The molecule has 0 unspecified atom stereocenters. The maximum Gasteiger partial charge on any atom is 0.136 e. The maximum atomic E-state index is 6.29. The van der Waals surface area contributed by atoms with Crippen molar-refractivity contribution in [2.24, 2.45) is 0 Å². The fourth-order valence-corrected chi connectivity index (χ4v) is 22.2. The molecule has 27 aromatic rings. The van der Waals surface area contributed by atoms with E-state index in [2.05, 4.69) is 528 Å². The zero-order chi connectivity index (χ0) is 91.1. The Balaban J connectivity index is 0.000000107. The number of benzene rings is 22. The quantitative estimate of drug-likeness (QED) is 0.113. The first kappa shape index (κ1) is 80.7. The lowest BCUT2D eigenvalue weighted by molar-refractivity contribution is 0.669. The van der Waals surface area contributed by atoms with Gasteiger partial charge in [0, 0.05) is 92.9 Å². The van der Waals surface area contributed by atoms with Gasteiger partial charge in [-0.3, -0.25) is 0 Å². The van der Waals surface area contributed by atoms with Gasteiger partial charge in [0.05, 0.1) is 61.2 Å². The zero-order valence-electron chi connectivity index (χ0n) is 75.6. The van der Waals surface area contributed by atoms with Crippen molar-refractivity contribution < 1.29 is 4.42 Å². The molecule has 5 heterocycles. The molecular weight excluding hydrogens is 1670 g/mol. The van der Waals surface area contributed by atoms with Crippen LogP contribution in [-0.2, 0) is 6.42 Å². The lowest BCUT2D eigenvalue weighted by atomic mass is 9.91. The first-order valence-corrected chi connectivity index (χ1v) is 47.6. The summed E-state index contributed by atoms with van der Waals surface area (Å²) in [5.74, 6) is 0. The molecule has 0 N–H and O–H groups in total. The van der Waals surface area contributed by atoms with Crippen LogP contribution in [0, 0.1) is 0 Å². The standard InChI is InChI=1S/C48H32N2.C43H29N.C42H27NO/c1-3-15-33(16-4-1)39-24-14-25-43-41-23-9-12-28-46(41)50(48(39)43)44-26-10-7-21-38(44)36-18-13-17-34(31-36)35-29-30-42-40-22-8-11-27-45(40)49(47(42)32-35)37-19-5-2-6-20-37;1-2-13-29(14-3-1)36-22-12-24-39-38-20-7-9-26-42(38)44(43(36)39)41-25-8-6-19-35(41)31-17-10-16-30(27-31)34-21-11-23-37-33-18-5-4-15-32(33)28-40(34)37;1-2-14-28(15-3-1)29-21-12-23-35-33-19-7-10-25-38(33)43(42(29)35)37-24-9-6-18-32(37)30-16-4-5-17-31(30)34-22-13-27-40-41(34)36-20-8-11-26-39(36)44-40/h1-32H;1-27H,28H2;1-27H. The van der Waals surface area contributed by atoms with E-state index in [1.54, 1.807) is 0 Å². The lowest BCUT2D eigenvalue weighted by Gasteiger charge is -2.18. The molecule has 1 aliphatic carbocycles. The Morgan fingerprint density at radius 2 is 0.471 bits per heavy atom. The molecule has 0 radical (unpaired) electrons. The van der Waals surface area contributed by atoms with Crippen molar-refractivity contribution in [3.63, 3.8) is 0 Å². The van der Waals surface area contributed by atoms with E-state index >= 15 is 0 Å². The minimum atomic E-state index is 0.904. The van der Waals surface area contributed by atoms with Gasteiger partial charge in [-0.2, -0.15) is 0 Å². The predicted octanol–water partition coefficient (Wildman–Crippen LogP) is 35.9. The highest BCUT2D eigenvalue weighted by molar-refractivity contribution is 6.19. The van der Waals surface area contributed by atoms with Gasteiger partial charge in [-0.15, -0.1) is 0 Å². The molecular formula is C133H88N4O. The number of nitrogens with zero attached hydrogens (tertiary/aromatic N) is 4. The summed E-state index contributed by atoms with van der Waals surface area (Å²) in [6, 6.07) is 189. The molecule has 5 heteroatoms. The molecule has 138 heavy (non-hydrogen) atoms. The molecule has 0 spiro atoms. The second-order valence-electron chi connectivity index (χ2n) is 35.9. The van der Waals surface area contributed by atoms with Crippen molar-refractivity contribution in [2.45, 2.75) is 6.42 Å². The Kier molecular flexibility index (Phi) is 20.0. The van der Waals surface area contributed by atoms with Crippen molar-refractivity contribution in [3.8, 4) is 134 Å². The van der Waals surface area contributed by atoms with E-state index in [4.69, 9.17) is 4.42 Å². The number of furan rings is 1. The number of hydrogen-bond donors (Lipinski definition) is 0. The lowest BCUT2D eigenvalue weighted by Crippen LogP contribution is -1.99. The van der Waals surface area contributed by atoms with E-state index in [-0.39, 0.29) is 0 Å². The average molecular weight is 1760 g/mol. The van der Waals surface area contributed by atoms with Crippen molar-refractivity contribution in [2.75, 3.05) is 0 Å². The topological polar surface area (TPSA) is 32.9 Å². The Morgan fingerprint density at radius 1 is 0.159 bits per heavy atom. The Hall–Kier alpha value is -18.2.